The molecule has 0 bridgehead atoms. The van der Waals surface area contributed by atoms with Crippen LogP contribution in [0.3, 0.4) is 0 Å². The van der Waals surface area contributed by atoms with Crippen molar-refractivity contribution in [1.82, 2.24) is 24.8 Å². The third-order valence-electron chi connectivity index (χ3n) is 3.82. The fourth-order valence-electron chi connectivity index (χ4n) is 2.63. The molecular formula is C19H19N7S. The summed E-state index contributed by atoms with van der Waals surface area (Å²) in [5.41, 5.74) is 4.86. The highest BCUT2D eigenvalue weighted by Crippen LogP contribution is 2.32. The van der Waals surface area contributed by atoms with Crippen molar-refractivity contribution in [2.45, 2.75) is 20.8 Å². The number of hydrogen-bond donors (Lipinski definition) is 1. The van der Waals surface area contributed by atoms with Crippen molar-refractivity contribution in [1.29, 1.82) is 5.26 Å². The average molecular weight is 377 g/mol. The van der Waals surface area contributed by atoms with Crippen LogP contribution in [0.25, 0.3) is 27.5 Å². The first-order valence-corrected chi connectivity index (χ1v) is 9.38. The molecule has 0 atom stereocenters. The number of rotatable bonds is 3. The summed E-state index contributed by atoms with van der Waals surface area (Å²) in [4.78, 5) is 4.58. The molecule has 1 N–H and O–H groups in total. The number of aromatic nitrogens is 5. The Kier molecular flexibility index (Phi) is 5.43. The molecule has 0 unspecified atom stereocenters. The molecule has 0 radical (unpaired) electrons. The van der Waals surface area contributed by atoms with E-state index in [-0.39, 0.29) is 0 Å². The summed E-state index contributed by atoms with van der Waals surface area (Å²) in [6.45, 7) is 5.93. The highest BCUT2D eigenvalue weighted by molar-refractivity contribution is 7.14. The van der Waals surface area contributed by atoms with Crippen molar-refractivity contribution < 1.29 is 0 Å². The molecule has 0 fully saturated rings. The molecule has 0 aliphatic rings. The number of aryl methyl sites for hydroxylation is 1. The molecule has 0 aliphatic carbocycles. The number of fused-ring (bicyclic) bond motifs is 1. The lowest BCUT2D eigenvalue weighted by Crippen LogP contribution is -1.98. The third kappa shape index (κ3) is 3.50. The highest BCUT2D eigenvalue weighted by atomic mass is 32.1. The minimum absolute atomic E-state index is 0.531. The normalized spacial score (nSPS) is 10.2. The van der Waals surface area contributed by atoms with Crippen LogP contribution in [-0.2, 0) is 0 Å². The predicted octanol–water partition coefficient (Wildman–Crippen LogP) is 4.16. The zero-order valence-corrected chi connectivity index (χ0v) is 16.4. The highest BCUT2D eigenvalue weighted by Gasteiger charge is 2.14. The van der Waals surface area contributed by atoms with E-state index in [2.05, 4.69) is 31.7 Å². The first-order valence-electron chi connectivity index (χ1n) is 8.56. The van der Waals surface area contributed by atoms with E-state index in [1.807, 2.05) is 46.0 Å². The van der Waals surface area contributed by atoms with E-state index < -0.39 is 0 Å². The van der Waals surface area contributed by atoms with Crippen LogP contribution in [0.5, 0.6) is 0 Å². The molecule has 0 saturated heterocycles. The van der Waals surface area contributed by atoms with E-state index in [1.54, 1.807) is 23.0 Å². The Labute approximate surface area is 161 Å². The Morgan fingerprint density at radius 3 is 2.63 bits per heavy atom. The molecule has 0 saturated carbocycles. The van der Waals surface area contributed by atoms with Crippen LogP contribution < -0.4 is 5.32 Å². The van der Waals surface area contributed by atoms with Crippen LogP contribution >= 0.6 is 11.3 Å². The molecule has 0 spiro atoms. The Morgan fingerprint density at radius 1 is 1.15 bits per heavy atom. The second kappa shape index (κ2) is 7.93. The zero-order chi connectivity index (χ0) is 19.4. The molecule has 4 rings (SSSR count). The fraction of sp³-hybridized carbons (Fsp3) is 0.211. The van der Waals surface area contributed by atoms with Crippen LogP contribution in [0.2, 0.25) is 0 Å². The summed E-state index contributed by atoms with van der Waals surface area (Å²) < 4.78 is 1.78. The van der Waals surface area contributed by atoms with Crippen LogP contribution in [0.4, 0.5) is 5.69 Å². The van der Waals surface area contributed by atoms with Crippen LogP contribution in [0, 0.1) is 18.3 Å². The largest absolute Gasteiger partial charge is 0.387 e. The van der Waals surface area contributed by atoms with Gasteiger partial charge in [-0.3, -0.25) is 4.98 Å². The van der Waals surface area contributed by atoms with Crippen molar-refractivity contribution in [2.24, 2.45) is 0 Å². The molecule has 8 heteroatoms. The minimum atomic E-state index is 0.531. The van der Waals surface area contributed by atoms with Crippen molar-refractivity contribution >= 4 is 22.5 Å². The second-order valence-electron chi connectivity index (χ2n) is 5.40. The van der Waals surface area contributed by atoms with Crippen molar-refractivity contribution in [2.75, 3.05) is 12.4 Å². The van der Waals surface area contributed by atoms with Gasteiger partial charge in [0.15, 0.2) is 5.01 Å². The van der Waals surface area contributed by atoms with Crippen molar-refractivity contribution in [3.8, 4) is 28.0 Å². The van der Waals surface area contributed by atoms with Gasteiger partial charge in [0.25, 0.3) is 0 Å². The lowest BCUT2D eigenvalue weighted by Gasteiger charge is -2.09. The maximum Gasteiger partial charge on any atom is 0.151 e. The number of anilines is 1. The molecule has 27 heavy (non-hydrogen) atoms. The van der Waals surface area contributed by atoms with Gasteiger partial charge >= 0.3 is 0 Å². The van der Waals surface area contributed by atoms with E-state index in [0.717, 1.165) is 38.2 Å². The average Bonchev–Trinajstić information content (AvgIpc) is 3.34. The first-order chi connectivity index (χ1) is 13.2. The Bertz CT molecular complexity index is 1120. The topological polar surface area (TPSA) is 91.8 Å². The Morgan fingerprint density at radius 2 is 1.96 bits per heavy atom. The van der Waals surface area contributed by atoms with Gasteiger partial charge in [0, 0.05) is 18.9 Å². The number of nitrogens with one attached hydrogen (secondary N) is 1. The van der Waals surface area contributed by atoms with Gasteiger partial charge < -0.3 is 5.32 Å². The van der Waals surface area contributed by atoms with E-state index in [9.17, 15) is 0 Å². The first kappa shape index (κ1) is 18.5. The molecule has 7 nitrogen and oxygen atoms in total. The Balaban J connectivity index is 0.00000102. The lowest BCUT2D eigenvalue weighted by molar-refractivity contribution is 0.939. The molecule has 4 aromatic rings. The van der Waals surface area contributed by atoms with Gasteiger partial charge in [-0.25, -0.2) is 4.52 Å². The van der Waals surface area contributed by atoms with Gasteiger partial charge in [-0.15, -0.1) is 10.2 Å². The van der Waals surface area contributed by atoms with E-state index in [1.165, 1.54) is 11.3 Å². The van der Waals surface area contributed by atoms with Crippen LogP contribution in [-0.4, -0.2) is 31.8 Å². The van der Waals surface area contributed by atoms with Gasteiger partial charge in [-0.05, 0) is 31.2 Å². The van der Waals surface area contributed by atoms with Crippen LogP contribution in [0.1, 0.15) is 24.4 Å². The maximum absolute atomic E-state index is 9.00. The Hall–Kier alpha value is -3.31. The number of hydrogen-bond acceptors (Lipinski definition) is 7. The number of nitrogens with zero attached hydrogens (tertiary/aromatic N) is 6. The standard InChI is InChI=1S/C17H13N7S.C2H6/c1-10-22-23-17(25-10)13-9-20-15(6-14(13)19-2)16-4-3-12-5-11(7-18)8-21-24(12)16;1-2/h3-6,8-9H,1-2H3,(H,19,20);1-2H3. The van der Waals surface area contributed by atoms with Crippen molar-refractivity contribution in [3.63, 3.8) is 0 Å². The summed E-state index contributed by atoms with van der Waals surface area (Å²) >= 11 is 1.53. The van der Waals surface area contributed by atoms with E-state index in [4.69, 9.17) is 5.26 Å². The fourth-order valence-corrected chi connectivity index (χ4v) is 3.35. The summed E-state index contributed by atoms with van der Waals surface area (Å²) in [5.74, 6) is 0. The summed E-state index contributed by atoms with van der Waals surface area (Å²) in [6, 6.07) is 9.73. The summed E-state index contributed by atoms with van der Waals surface area (Å²) in [7, 11) is 1.87. The van der Waals surface area contributed by atoms with E-state index >= 15 is 0 Å². The lowest BCUT2D eigenvalue weighted by atomic mass is 10.2. The van der Waals surface area contributed by atoms with Crippen LogP contribution in [0.15, 0.2) is 36.7 Å². The quantitative estimate of drug-likeness (QED) is 0.576. The predicted molar refractivity (Wildman–Crippen MR) is 108 cm³/mol. The molecule has 4 heterocycles. The molecule has 0 aromatic carbocycles. The maximum atomic E-state index is 9.00. The molecular weight excluding hydrogens is 358 g/mol. The SMILES string of the molecule is CC.CNc1cc(-c2ccc3cc(C#N)cnn23)ncc1-c1nnc(C)s1. The number of pyridine rings is 1. The molecule has 136 valence electrons. The second-order valence-corrected chi connectivity index (χ2v) is 6.58. The smallest absolute Gasteiger partial charge is 0.151 e. The minimum Gasteiger partial charge on any atom is -0.387 e. The molecule has 0 aliphatic heterocycles. The number of nitriles is 1. The van der Waals surface area contributed by atoms with Crippen molar-refractivity contribution in [3.05, 3.63) is 47.2 Å². The monoisotopic (exact) mass is 377 g/mol. The molecule has 0 amide bonds. The third-order valence-corrected chi connectivity index (χ3v) is 4.69. The zero-order valence-electron chi connectivity index (χ0n) is 15.6. The van der Waals surface area contributed by atoms with Gasteiger partial charge in [0.05, 0.1) is 34.2 Å². The molecule has 4 aromatic heterocycles. The van der Waals surface area contributed by atoms with E-state index in [0.29, 0.717) is 5.56 Å². The van der Waals surface area contributed by atoms with Gasteiger partial charge in [-0.2, -0.15) is 10.4 Å². The van der Waals surface area contributed by atoms with Gasteiger partial charge in [0.1, 0.15) is 11.1 Å². The summed E-state index contributed by atoms with van der Waals surface area (Å²) in [6.07, 6.45) is 3.35. The van der Waals surface area contributed by atoms with Gasteiger partial charge in [-0.1, -0.05) is 25.2 Å². The van der Waals surface area contributed by atoms with Gasteiger partial charge in [0.2, 0.25) is 0 Å². The summed E-state index contributed by atoms with van der Waals surface area (Å²) in [5, 5.41) is 26.6.